The van der Waals surface area contributed by atoms with Gasteiger partial charge in [0.05, 0.1) is 7.11 Å². The first kappa shape index (κ1) is 21.7. The molecule has 0 spiro atoms. The van der Waals surface area contributed by atoms with Crippen LogP contribution in [0.25, 0.3) is 0 Å². The van der Waals surface area contributed by atoms with Crippen molar-refractivity contribution >= 4 is 23.6 Å². The summed E-state index contributed by atoms with van der Waals surface area (Å²) >= 11 is 0. The molecule has 0 aromatic heterocycles. The number of hydrogen-bond donors (Lipinski definition) is 3. The zero-order valence-electron chi connectivity index (χ0n) is 17.1. The minimum atomic E-state index is -0.514. The van der Waals surface area contributed by atoms with Crippen LogP contribution in [-0.4, -0.2) is 37.6 Å². The summed E-state index contributed by atoms with van der Waals surface area (Å²) in [7, 11) is 1.26. The quantitative estimate of drug-likeness (QED) is 0.673. The molecule has 3 N–H and O–H groups in total. The third-order valence-corrected chi connectivity index (χ3v) is 5.22. The molecule has 1 aliphatic carbocycles. The summed E-state index contributed by atoms with van der Waals surface area (Å²) in [6, 6.07) is 6.45. The molecule has 0 radical (unpaired) electrons. The number of amides is 3. The number of nitrogens with one attached hydrogen (secondary N) is 3. The van der Waals surface area contributed by atoms with Crippen molar-refractivity contribution in [2.24, 2.45) is 11.3 Å². The third kappa shape index (κ3) is 6.25. The Morgan fingerprint density at radius 3 is 2.32 bits per heavy atom. The SMILES string of the molecule is COC(=O)CNC(=O)c1ccc(NC(=O)N[C@H]2CCCC[C@@H]2C(C)(C)C)cc1. The third-order valence-electron chi connectivity index (χ3n) is 5.22. The van der Waals surface area contributed by atoms with E-state index in [4.69, 9.17) is 0 Å². The van der Waals surface area contributed by atoms with Crippen molar-refractivity contribution in [2.75, 3.05) is 19.0 Å². The van der Waals surface area contributed by atoms with Crippen molar-refractivity contribution in [3.63, 3.8) is 0 Å². The second-order valence-electron chi connectivity index (χ2n) is 8.30. The molecule has 1 aliphatic rings. The smallest absolute Gasteiger partial charge is 0.325 e. The molecule has 0 unspecified atom stereocenters. The minimum Gasteiger partial charge on any atom is -0.468 e. The first-order valence-electron chi connectivity index (χ1n) is 9.73. The standard InChI is InChI=1S/C21H31N3O4/c1-21(2,3)16-7-5-6-8-17(16)24-20(27)23-15-11-9-14(10-12-15)19(26)22-13-18(25)28-4/h9-12,16-17H,5-8,13H2,1-4H3,(H,22,26)(H2,23,24,27)/t16-,17-/m0/s1. The summed E-state index contributed by atoms with van der Waals surface area (Å²) in [5, 5.41) is 8.42. The predicted molar refractivity (Wildman–Crippen MR) is 108 cm³/mol. The summed E-state index contributed by atoms with van der Waals surface area (Å²) in [5.41, 5.74) is 1.15. The average molecular weight is 389 g/mol. The largest absolute Gasteiger partial charge is 0.468 e. The highest BCUT2D eigenvalue weighted by atomic mass is 16.5. The molecule has 0 aliphatic heterocycles. The summed E-state index contributed by atoms with van der Waals surface area (Å²) < 4.78 is 4.48. The number of carbonyl (C=O) groups is 3. The Hall–Kier alpha value is -2.57. The molecular weight excluding hydrogens is 358 g/mol. The van der Waals surface area contributed by atoms with Gasteiger partial charge in [0.1, 0.15) is 6.54 Å². The number of anilines is 1. The van der Waals surface area contributed by atoms with Crippen LogP contribution in [0.5, 0.6) is 0 Å². The van der Waals surface area contributed by atoms with Crippen molar-refractivity contribution in [3.8, 4) is 0 Å². The molecule has 7 heteroatoms. The fraction of sp³-hybridized carbons (Fsp3) is 0.571. The van der Waals surface area contributed by atoms with Crippen LogP contribution in [0.2, 0.25) is 0 Å². The molecule has 0 saturated heterocycles. The predicted octanol–water partition coefficient (Wildman–Crippen LogP) is 3.32. The van der Waals surface area contributed by atoms with Gasteiger partial charge in [-0.25, -0.2) is 4.79 Å². The van der Waals surface area contributed by atoms with E-state index in [0.717, 1.165) is 19.3 Å². The molecule has 1 saturated carbocycles. The molecule has 1 aromatic carbocycles. The maximum atomic E-state index is 12.4. The van der Waals surface area contributed by atoms with Gasteiger partial charge in [-0.15, -0.1) is 0 Å². The van der Waals surface area contributed by atoms with Crippen LogP contribution in [0.1, 0.15) is 56.8 Å². The molecular formula is C21H31N3O4. The molecule has 154 valence electrons. The van der Waals surface area contributed by atoms with Gasteiger partial charge in [0, 0.05) is 17.3 Å². The summed E-state index contributed by atoms with van der Waals surface area (Å²) in [6.07, 6.45) is 4.46. The van der Waals surface area contributed by atoms with Gasteiger partial charge in [-0.3, -0.25) is 9.59 Å². The fourth-order valence-electron chi connectivity index (χ4n) is 3.71. The van der Waals surface area contributed by atoms with Crippen LogP contribution in [0, 0.1) is 11.3 Å². The molecule has 1 aromatic rings. The fourth-order valence-corrected chi connectivity index (χ4v) is 3.71. The Morgan fingerprint density at radius 1 is 1.07 bits per heavy atom. The van der Waals surface area contributed by atoms with E-state index in [0.29, 0.717) is 17.2 Å². The van der Waals surface area contributed by atoms with E-state index in [1.165, 1.54) is 13.5 Å². The zero-order chi connectivity index (χ0) is 20.7. The summed E-state index contributed by atoms with van der Waals surface area (Å²) in [4.78, 5) is 35.5. The highest BCUT2D eigenvalue weighted by molar-refractivity contribution is 5.97. The van der Waals surface area contributed by atoms with Gasteiger partial charge >= 0.3 is 12.0 Å². The van der Waals surface area contributed by atoms with Crippen molar-refractivity contribution < 1.29 is 19.1 Å². The summed E-state index contributed by atoms with van der Waals surface area (Å²) in [5.74, 6) is -0.441. The van der Waals surface area contributed by atoms with Crippen molar-refractivity contribution in [3.05, 3.63) is 29.8 Å². The lowest BCUT2D eigenvalue weighted by molar-refractivity contribution is -0.139. The number of urea groups is 1. The monoisotopic (exact) mass is 389 g/mol. The first-order chi connectivity index (χ1) is 13.2. The lowest BCUT2D eigenvalue weighted by Gasteiger charge is -2.40. The van der Waals surface area contributed by atoms with Gasteiger partial charge in [-0.2, -0.15) is 0 Å². The van der Waals surface area contributed by atoms with Gasteiger partial charge in [0.25, 0.3) is 5.91 Å². The number of hydrogen-bond acceptors (Lipinski definition) is 4. The molecule has 2 rings (SSSR count). The van der Waals surface area contributed by atoms with E-state index in [2.05, 4.69) is 41.5 Å². The second kappa shape index (κ2) is 9.57. The molecule has 2 atom stereocenters. The zero-order valence-corrected chi connectivity index (χ0v) is 17.1. The van der Waals surface area contributed by atoms with E-state index in [9.17, 15) is 14.4 Å². The molecule has 7 nitrogen and oxygen atoms in total. The van der Waals surface area contributed by atoms with Crippen LogP contribution >= 0.6 is 0 Å². The first-order valence-corrected chi connectivity index (χ1v) is 9.73. The van der Waals surface area contributed by atoms with Gasteiger partial charge in [-0.05, 0) is 48.4 Å². The molecule has 0 bridgehead atoms. The Labute approximate surface area is 166 Å². The minimum absolute atomic E-state index is 0.150. The molecule has 1 fully saturated rings. The highest BCUT2D eigenvalue weighted by Gasteiger charge is 2.34. The van der Waals surface area contributed by atoms with Crippen molar-refractivity contribution in [2.45, 2.75) is 52.5 Å². The number of rotatable bonds is 5. The second-order valence-corrected chi connectivity index (χ2v) is 8.30. The van der Waals surface area contributed by atoms with E-state index in [-0.39, 0.29) is 29.9 Å². The number of ether oxygens (including phenoxy) is 1. The molecule has 3 amide bonds. The highest BCUT2D eigenvalue weighted by Crippen LogP contribution is 2.38. The maximum Gasteiger partial charge on any atom is 0.325 e. The van der Waals surface area contributed by atoms with Gasteiger partial charge in [-0.1, -0.05) is 33.6 Å². The van der Waals surface area contributed by atoms with Gasteiger partial charge in [0.15, 0.2) is 0 Å². The summed E-state index contributed by atoms with van der Waals surface area (Å²) in [6.45, 7) is 6.48. The van der Waals surface area contributed by atoms with Crippen LogP contribution in [0.3, 0.4) is 0 Å². The average Bonchev–Trinajstić information content (AvgIpc) is 2.65. The maximum absolute atomic E-state index is 12.4. The number of esters is 1. The topological polar surface area (TPSA) is 96.5 Å². The van der Waals surface area contributed by atoms with E-state index in [1.807, 2.05) is 0 Å². The molecule has 28 heavy (non-hydrogen) atoms. The Kier molecular flexibility index (Phi) is 7.43. The normalized spacial score (nSPS) is 19.4. The number of benzene rings is 1. The van der Waals surface area contributed by atoms with Gasteiger partial charge < -0.3 is 20.7 Å². The van der Waals surface area contributed by atoms with Crippen molar-refractivity contribution in [1.82, 2.24) is 10.6 Å². The van der Waals surface area contributed by atoms with Crippen molar-refractivity contribution in [1.29, 1.82) is 0 Å². The van der Waals surface area contributed by atoms with Crippen LogP contribution in [0.4, 0.5) is 10.5 Å². The van der Waals surface area contributed by atoms with Gasteiger partial charge in [0.2, 0.25) is 0 Å². The number of methoxy groups -OCH3 is 1. The van der Waals surface area contributed by atoms with E-state index < -0.39 is 5.97 Å². The molecule has 0 heterocycles. The Morgan fingerprint density at radius 2 is 1.71 bits per heavy atom. The van der Waals surface area contributed by atoms with Crippen LogP contribution < -0.4 is 16.0 Å². The van der Waals surface area contributed by atoms with E-state index in [1.54, 1.807) is 24.3 Å². The Balaban J connectivity index is 1.90. The van der Waals surface area contributed by atoms with E-state index >= 15 is 0 Å². The van der Waals surface area contributed by atoms with Crippen LogP contribution in [0.15, 0.2) is 24.3 Å². The van der Waals surface area contributed by atoms with Crippen LogP contribution in [-0.2, 0) is 9.53 Å². The lowest BCUT2D eigenvalue weighted by atomic mass is 9.69. The Bertz CT molecular complexity index is 695. The number of carbonyl (C=O) groups excluding carboxylic acids is 3. The lowest BCUT2D eigenvalue weighted by Crippen LogP contribution is -2.48.